The topological polar surface area (TPSA) is 52.0 Å². The summed E-state index contributed by atoms with van der Waals surface area (Å²) in [6, 6.07) is 5.67. The van der Waals surface area contributed by atoms with Gasteiger partial charge in [-0.25, -0.2) is 4.98 Å². The lowest BCUT2D eigenvalue weighted by Crippen LogP contribution is -2.12. The Balaban J connectivity index is 2.19. The number of nitrogens with one attached hydrogen (secondary N) is 1. The highest BCUT2D eigenvalue weighted by Crippen LogP contribution is 2.13. The van der Waals surface area contributed by atoms with Gasteiger partial charge in [0.05, 0.1) is 6.10 Å². The Kier molecular flexibility index (Phi) is 3.27. The number of hydrogen-bond donors (Lipinski definition) is 1. The first-order chi connectivity index (χ1) is 8.13. The molecule has 5 heteroatoms. The second-order valence-electron chi connectivity index (χ2n) is 4.04. The summed E-state index contributed by atoms with van der Waals surface area (Å²) in [7, 11) is 0. The molecule has 0 spiro atoms. The third-order valence-electron chi connectivity index (χ3n) is 2.02. The maximum Gasteiger partial charge on any atom is 0.245 e. The summed E-state index contributed by atoms with van der Waals surface area (Å²) in [5.74, 6) is 1.11. The smallest absolute Gasteiger partial charge is 0.245 e. The van der Waals surface area contributed by atoms with Gasteiger partial charge in [-0.2, -0.15) is 4.98 Å². The van der Waals surface area contributed by atoms with Gasteiger partial charge in [0.1, 0.15) is 0 Å². The standard InChI is InChI=1S/C12H16N4O/c1-9(2)17-11-8-10(3)13-12(14-11)15-16-6-4-5-7-16/h4-9H,1-3H3,(H,13,14,15). The first-order valence-electron chi connectivity index (χ1n) is 5.56. The minimum Gasteiger partial charge on any atom is -0.475 e. The zero-order valence-electron chi connectivity index (χ0n) is 10.2. The normalized spacial score (nSPS) is 10.6. The zero-order valence-corrected chi connectivity index (χ0v) is 10.2. The van der Waals surface area contributed by atoms with Crippen LogP contribution in [0.4, 0.5) is 5.95 Å². The summed E-state index contributed by atoms with van der Waals surface area (Å²) >= 11 is 0. The Bertz CT molecular complexity index is 479. The average molecular weight is 232 g/mol. The molecule has 0 aliphatic heterocycles. The van der Waals surface area contributed by atoms with Crippen LogP contribution in [0.1, 0.15) is 19.5 Å². The van der Waals surface area contributed by atoms with E-state index in [9.17, 15) is 0 Å². The van der Waals surface area contributed by atoms with Crippen LogP contribution >= 0.6 is 0 Å². The third-order valence-corrected chi connectivity index (χ3v) is 2.02. The number of aryl methyl sites for hydroxylation is 1. The highest BCUT2D eigenvalue weighted by atomic mass is 16.5. The molecule has 0 radical (unpaired) electrons. The molecule has 0 atom stereocenters. The molecule has 90 valence electrons. The lowest BCUT2D eigenvalue weighted by atomic mass is 10.4. The van der Waals surface area contributed by atoms with Crippen molar-refractivity contribution in [3.8, 4) is 5.88 Å². The molecule has 0 amide bonds. The maximum atomic E-state index is 5.55. The lowest BCUT2D eigenvalue weighted by Gasteiger charge is -2.11. The number of ether oxygens (including phenoxy) is 1. The van der Waals surface area contributed by atoms with Gasteiger partial charge < -0.3 is 4.74 Å². The van der Waals surface area contributed by atoms with Crippen LogP contribution in [0.25, 0.3) is 0 Å². The van der Waals surface area contributed by atoms with Crippen molar-refractivity contribution < 1.29 is 4.74 Å². The Labute approximate surface area is 100 Å². The number of hydrogen-bond acceptors (Lipinski definition) is 4. The minimum atomic E-state index is 0.101. The first kappa shape index (κ1) is 11.4. The van der Waals surface area contributed by atoms with E-state index in [1.165, 1.54) is 0 Å². The molecule has 5 nitrogen and oxygen atoms in total. The molecular formula is C12H16N4O. The van der Waals surface area contributed by atoms with Crippen molar-refractivity contribution in [3.05, 3.63) is 36.3 Å². The molecule has 1 N–H and O–H groups in total. The predicted molar refractivity (Wildman–Crippen MR) is 66.0 cm³/mol. The van der Waals surface area contributed by atoms with Crippen molar-refractivity contribution in [2.75, 3.05) is 5.43 Å². The lowest BCUT2D eigenvalue weighted by molar-refractivity contribution is 0.232. The van der Waals surface area contributed by atoms with E-state index in [2.05, 4.69) is 15.4 Å². The molecule has 0 aliphatic carbocycles. The molecule has 0 aromatic carbocycles. The molecule has 0 saturated carbocycles. The van der Waals surface area contributed by atoms with Crippen molar-refractivity contribution in [2.45, 2.75) is 26.9 Å². The number of anilines is 1. The quantitative estimate of drug-likeness (QED) is 0.878. The summed E-state index contributed by atoms with van der Waals surface area (Å²) in [5.41, 5.74) is 3.92. The van der Waals surface area contributed by atoms with Crippen molar-refractivity contribution in [1.29, 1.82) is 0 Å². The fourth-order valence-electron chi connectivity index (χ4n) is 1.42. The van der Waals surface area contributed by atoms with Gasteiger partial charge in [-0.1, -0.05) is 0 Å². The van der Waals surface area contributed by atoms with Gasteiger partial charge in [-0.15, -0.1) is 0 Å². The molecule has 0 fully saturated rings. The molecule has 0 unspecified atom stereocenters. The van der Waals surface area contributed by atoms with Gasteiger partial charge >= 0.3 is 0 Å². The maximum absolute atomic E-state index is 5.55. The second-order valence-corrected chi connectivity index (χ2v) is 4.04. The Hall–Kier alpha value is -2.04. The highest BCUT2D eigenvalue weighted by Gasteiger charge is 2.04. The highest BCUT2D eigenvalue weighted by molar-refractivity contribution is 5.30. The number of nitrogens with zero attached hydrogens (tertiary/aromatic N) is 3. The van der Waals surface area contributed by atoms with Gasteiger partial charge in [0.25, 0.3) is 0 Å². The van der Waals surface area contributed by atoms with Gasteiger partial charge in [0.2, 0.25) is 11.8 Å². The SMILES string of the molecule is Cc1cc(OC(C)C)nc(Nn2cccc2)n1. The van der Waals surface area contributed by atoms with Crippen molar-refractivity contribution in [2.24, 2.45) is 0 Å². The van der Waals surface area contributed by atoms with E-state index in [1.807, 2.05) is 51.4 Å². The summed E-state index contributed by atoms with van der Waals surface area (Å²) in [4.78, 5) is 8.58. The van der Waals surface area contributed by atoms with E-state index in [-0.39, 0.29) is 6.10 Å². The van der Waals surface area contributed by atoms with Crippen molar-refractivity contribution in [1.82, 2.24) is 14.6 Å². The van der Waals surface area contributed by atoms with E-state index in [0.717, 1.165) is 5.69 Å². The summed E-state index contributed by atoms with van der Waals surface area (Å²) in [5, 5.41) is 0. The van der Waals surface area contributed by atoms with Gasteiger partial charge in [0, 0.05) is 24.2 Å². The fraction of sp³-hybridized carbons (Fsp3) is 0.333. The van der Waals surface area contributed by atoms with Gasteiger partial charge in [-0.3, -0.25) is 10.1 Å². The minimum absolute atomic E-state index is 0.101. The monoisotopic (exact) mass is 232 g/mol. The van der Waals surface area contributed by atoms with Crippen LogP contribution in [-0.2, 0) is 0 Å². The zero-order chi connectivity index (χ0) is 12.3. The van der Waals surface area contributed by atoms with Gasteiger partial charge in [-0.05, 0) is 32.9 Å². The molecule has 2 heterocycles. The van der Waals surface area contributed by atoms with E-state index in [4.69, 9.17) is 4.74 Å². The van der Waals surface area contributed by atoms with E-state index in [1.54, 1.807) is 4.68 Å². The largest absolute Gasteiger partial charge is 0.475 e. The molecule has 0 saturated heterocycles. The molecule has 17 heavy (non-hydrogen) atoms. The summed E-state index contributed by atoms with van der Waals surface area (Å²) < 4.78 is 7.34. The van der Waals surface area contributed by atoms with E-state index < -0.39 is 0 Å². The van der Waals surface area contributed by atoms with Crippen LogP contribution in [0.3, 0.4) is 0 Å². The van der Waals surface area contributed by atoms with E-state index in [0.29, 0.717) is 11.8 Å². The van der Waals surface area contributed by atoms with Crippen LogP contribution in [0.2, 0.25) is 0 Å². The summed E-state index contributed by atoms with van der Waals surface area (Å²) in [6.45, 7) is 5.85. The fourth-order valence-corrected chi connectivity index (χ4v) is 1.42. The molecule has 2 rings (SSSR count). The summed E-state index contributed by atoms with van der Waals surface area (Å²) in [6.07, 6.45) is 3.87. The van der Waals surface area contributed by atoms with Crippen LogP contribution in [0.15, 0.2) is 30.6 Å². The van der Waals surface area contributed by atoms with Crippen LogP contribution in [-0.4, -0.2) is 20.7 Å². The van der Waals surface area contributed by atoms with Crippen LogP contribution in [0.5, 0.6) is 5.88 Å². The number of rotatable bonds is 4. The molecule has 0 aliphatic rings. The average Bonchev–Trinajstić information content (AvgIpc) is 2.67. The van der Waals surface area contributed by atoms with E-state index >= 15 is 0 Å². The molecule has 0 bridgehead atoms. The molecule has 2 aromatic heterocycles. The third kappa shape index (κ3) is 3.21. The predicted octanol–water partition coefficient (Wildman–Crippen LogP) is 2.25. The van der Waals surface area contributed by atoms with Crippen molar-refractivity contribution in [3.63, 3.8) is 0 Å². The Morgan fingerprint density at radius 2 is 1.94 bits per heavy atom. The molecule has 2 aromatic rings. The second kappa shape index (κ2) is 4.86. The van der Waals surface area contributed by atoms with Gasteiger partial charge in [0.15, 0.2) is 0 Å². The van der Waals surface area contributed by atoms with Crippen LogP contribution in [0, 0.1) is 6.92 Å². The first-order valence-corrected chi connectivity index (χ1v) is 5.56. The Morgan fingerprint density at radius 1 is 1.24 bits per heavy atom. The van der Waals surface area contributed by atoms with Crippen LogP contribution < -0.4 is 10.2 Å². The Morgan fingerprint density at radius 3 is 2.59 bits per heavy atom. The van der Waals surface area contributed by atoms with Crippen molar-refractivity contribution >= 4 is 5.95 Å². The number of aromatic nitrogens is 3. The molecular weight excluding hydrogens is 216 g/mol.